The SMILES string of the molecule is CCC[C@@H](N)C(=O)Nc1cc(S(C)(=O)=O)ccc1C. The molecule has 0 aliphatic rings. The molecule has 0 radical (unpaired) electrons. The Hall–Kier alpha value is -1.40. The van der Waals surface area contributed by atoms with Crippen LogP contribution in [0.25, 0.3) is 0 Å². The number of nitrogens with one attached hydrogen (secondary N) is 1. The van der Waals surface area contributed by atoms with E-state index in [2.05, 4.69) is 5.32 Å². The smallest absolute Gasteiger partial charge is 0.241 e. The van der Waals surface area contributed by atoms with E-state index >= 15 is 0 Å². The highest BCUT2D eigenvalue weighted by Gasteiger charge is 2.15. The summed E-state index contributed by atoms with van der Waals surface area (Å²) in [5.74, 6) is -0.296. The molecule has 0 spiro atoms. The number of aryl methyl sites for hydroxylation is 1. The van der Waals surface area contributed by atoms with Gasteiger partial charge in [-0.15, -0.1) is 0 Å². The van der Waals surface area contributed by atoms with Crippen molar-refractivity contribution in [3.63, 3.8) is 0 Å². The van der Waals surface area contributed by atoms with Crippen LogP contribution >= 0.6 is 0 Å². The van der Waals surface area contributed by atoms with Crippen molar-refractivity contribution in [3.05, 3.63) is 23.8 Å². The Morgan fingerprint density at radius 1 is 1.42 bits per heavy atom. The molecule has 0 aliphatic carbocycles. The molecule has 0 aromatic heterocycles. The predicted octanol–water partition coefficient (Wildman–Crippen LogP) is 1.46. The number of sulfone groups is 1. The summed E-state index contributed by atoms with van der Waals surface area (Å²) in [5.41, 5.74) is 7.00. The lowest BCUT2D eigenvalue weighted by molar-refractivity contribution is -0.117. The Kier molecular flexibility index (Phi) is 5.08. The summed E-state index contributed by atoms with van der Waals surface area (Å²) < 4.78 is 23.0. The Bertz CT molecular complexity index is 567. The van der Waals surface area contributed by atoms with Crippen molar-refractivity contribution in [2.45, 2.75) is 37.6 Å². The van der Waals surface area contributed by atoms with Crippen molar-refractivity contribution in [1.82, 2.24) is 0 Å². The minimum atomic E-state index is -3.29. The van der Waals surface area contributed by atoms with Gasteiger partial charge < -0.3 is 11.1 Å². The zero-order valence-corrected chi connectivity index (χ0v) is 12.3. The number of carbonyl (C=O) groups excluding carboxylic acids is 1. The molecule has 0 unspecified atom stereocenters. The summed E-state index contributed by atoms with van der Waals surface area (Å²) in [6.45, 7) is 3.75. The second kappa shape index (κ2) is 6.16. The van der Waals surface area contributed by atoms with Crippen LogP contribution in [0.4, 0.5) is 5.69 Å². The molecule has 1 rings (SSSR count). The van der Waals surface area contributed by atoms with E-state index in [-0.39, 0.29) is 10.8 Å². The van der Waals surface area contributed by atoms with Gasteiger partial charge in [-0.25, -0.2) is 8.42 Å². The number of anilines is 1. The minimum Gasteiger partial charge on any atom is -0.324 e. The largest absolute Gasteiger partial charge is 0.324 e. The van der Waals surface area contributed by atoms with Crippen molar-refractivity contribution < 1.29 is 13.2 Å². The average Bonchev–Trinajstić information content (AvgIpc) is 2.30. The van der Waals surface area contributed by atoms with Gasteiger partial charge in [-0.05, 0) is 31.0 Å². The molecule has 19 heavy (non-hydrogen) atoms. The first kappa shape index (κ1) is 15.7. The second-order valence-corrected chi connectivity index (χ2v) is 6.65. The van der Waals surface area contributed by atoms with E-state index in [1.54, 1.807) is 13.0 Å². The van der Waals surface area contributed by atoms with Crippen LogP contribution in [-0.2, 0) is 14.6 Å². The van der Waals surface area contributed by atoms with Crippen LogP contribution in [0, 0.1) is 6.92 Å². The molecule has 0 fully saturated rings. The molecule has 1 aromatic rings. The van der Waals surface area contributed by atoms with Gasteiger partial charge in [0.05, 0.1) is 10.9 Å². The highest BCUT2D eigenvalue weighted by molar-refractivity contribution is 7.90. The summed E-state index contributed by atoms with van der Waals surface area (Å²) >= 11 is 0. The summed E-state index contributed by atoms with van der Waals surface area (Å²) in [7, 11) is -3.29. The van der Waals surface area contributed by atoms with E-state index < -0.39 is 15.9 Å². The van der Waals surface area contributed by atoms with Gasteiger partial charge in [0.25, 0.3) is 0 Å². The normalized spacial score (nSPS) is 13.1. The summed E-state index contributed by atoms with van der Waals surface area (Å²) in [4.78, 5) is 12.0. The van der Waals surface area contributed by atoms with Crippen LogP contribution in [0.1, 0.15) is 25.3 Å². The number of hydrogen-bond donors (Lipinski definition) is 2. The molecule has 106 valence electrons. The zero-order valence-electron chi connectivity index (χ0n) is 11.4. The van der Waals surface area contributed by atoms with E-state index in [0.717, 1.165) is 18.2 Å². The van der Waals surface area contributed by atoms with Crippen LogP contribution in [0.3, 0.4) is 0 Å². The molecule has 1 aromatic carbocycles. The molecule has 5 nitrogen and oxygen atoms in total. The third-order valence-corrected chi connectivity index (χ3v) is 3.94. The molecule has 0 bridgehead atoms. The Morgan fingerprint density at radius 3 is 2.58 bits per heavy atom. The van der Waals surface area contributed by atoms with Crippen LogP contribution < -0.4 is 11.1 Å². The molecule has 1 amide bonds. The maximum Gasteiger partial charge on any atom is 0.241 e. The highest BCUT2D eigenvalue weighted by atomic mass is 32.2. The summed E-state index contributed by atoms with van der Waals surface area (Å²) in [5, 5.41) is 2.68. The van der Waals surface area contributed by atoms with Gasteiger partial charge in [0.15, 0.2) is 9.84 Å². The fourth-order valence-corrected chi connectivity index (χ4v) is 2.28. The molecule has 0 aliphatic heterocycles. The number of carbonyl (C=O) groups is 1. The molecule has 1 atom stereocenters. The fourth-order valence-electron chi connectivity index (χ4n) is 1.63. The van der Waals surface area contributed by atoms with Gasteiger partial charge in [-0.3, -0.25) is 4.79 Å². The van der Waals surface area contributed by atoms with E-state index in [1.165, 1.54) is 12.1 Å². The lowest BCUT2D eigenvalue weighted by atomic mass is 10.1. The maximum atomic E-state index is 11.8. The monoisotopic (exact) mass is 284 g/mol. The van der Waals surface area contributed by atoms with Crippen molar-refractivity contribution in [2.24, 2.45) is 5.73 Å². The van der Waals surface area contributed by atoms with E-state index in [4.69, 9.17) is 5.73 Å². The highest BCUT2D eigenvalue weighted by Crippen LogP contribution is 2.20. The predicted molar refractivity (Wildman–Crippen MR) is 75.8 cm³/mol. The van der Waals surface area contributed by atoms with E-state index in [9.17, 15) is 13.2 Å². The van der Waals surface area contributed by atoms with Crippen molar-refractivity contribution in [2.75, 3.05) is 11.6 Å². The number of amides is 1. The van der Waals surface area contributed by atoms with Gasteiger partial charge in [0, 0.05) is 11.9 Å². The molecular weight excluding hydrogens is 264 g/mol. The van der Waals surface area contributed by atoms with Crippen LogP contribution in [-0.4, -0.2) is 26.6 Å². The number of rotatable bonds is 5. The van der Waals surface area contributed by atoms with Gasteiger partial charge in [-0.2, -0.15) is 0 Å². The first-order valence-electron chi connectivity index (χ1n) is 6.13. The molecule has 6 heteroatoms. The quantitative estimate of drug-likeness (QED) is 0.856. The molecule has 3 N–H and O–H groups in total. The minimum absolute atomic E-state index is 0.178. The number of nitrogens with two attached hydrogens (primary N) is 1. The fraction of sp³-hybridized carbons (Fsp3) is 0.462. The molecule has 0 saturated carbocycles. The first-order valence-corrected chi connectivity index (χ1v) is 8.02. The van der Waals surface area contributed by atoms with Gasteiger partial charge in [-0.1, -0.05) is 19.4 Å². The second-order valence-electron chi connectivity index (χ2n) is 4.63. The van der Waals surface area contributed by atoms with Crippen LogP contribution in [0.2, 0.25) is 0 Å². The lowest BCUT2D eigenvalue weighted by Crippen LogP contribution is -2.35. The third kappa shape index (κ3) is 4.33. The molecular formula is C13H20N2O3S. The average molecular weight is 284 g/mol. The number of benzene rings is 1. The molecule has 0 saturated heterocycles. The standard InChI is InChI=1S/C13H20N2O3S/c1-4-5-11(14)13(16)15-12-8-10(19(3,17)18)7-6-9(12)2/h6-8,11H,4-5,14H2,1-3H3,(H,15,16)/t11-/m1/s1. The van der Waals surface area contributed by atoms with Crippen LogP contribution in [0.15, 0.2) is 23.1 Å². The lowest BCUT2D eigenvalue weighted by Gasteiger charge is -2.13. The van der Waals surface area contributed by atoms with Crippen molar-refractivity contribution in [1.29, 1.82) is 0 Å². The van der Waals surface area contributed by atoms with Gasteiger partial charge >= 0.3 is 0 Å². The Morgan fingerprint density at radius 2 is 2.05 bits per heavy atom. The third-order valence-electron chi connectivity index (χ3n) is 2.83. The summed E-state index contributed by atoms with van der Waals surface area (Å²) in [6.07, 6.45) is 2.54. The van der Waals surface area contributed by atoms with Gasteiger partial charge in [0.2, 0.25) is 5.91 Å². The summed E-state index contributed by atoms with van der Waals surface area (Å²) in [6, 6.07) is 4.07. The molecule has 0 heterocycles. The topological polar surface area (TPSA) is 89.3 Å². The van der Waals surface area contributed by atoms with E-state index in [0.29, 0.717) is 12.1 Å². The van der Waals surface area contributed by atoms with Crippen molar-refractivity contribution >= 4 is 21.4 Å². The maximum absolute atomic E-state index is 11.8. The first-order chi connectivity index (χ1) is 8.75. The van der Waals surface area contributed by atoms with Gasteiger partial charge in [0.1, 0.15) is 0 Å². The van der Waals surface area contributed by atoms with Crippen molar-refractivity contribution in [3.8, 4) is 0 Å². The zero-order chi connectivity index (χ0) is 14.6. The Balaban J connectivity index is 2.98. The number of hydrogen-bond acceptors (Lipinski definition) is 4. The Labute approximate surface area is 114 Å². The van der Waals surface area contributed by atoms with Crippen LogP contribution in [0.5, 0.6) is 0 Å². The van der Waals surface area contributed by atoms with E-state index in [1.807, 2.05) is 6.92 Å².